The van der Waals surface area contributed by atoms with Gasteiger partial charge in [-0.25, -0.2) is 0 Å². The first kappa shape index (κ1) is 18.7. The van der Waals surface area contributed by atoms with Gasteiger partial charge in [-0.15, -0.1) is 0 Å². The molecule has 1 aromatic carbocycles. The molecule has 22 heavy (non-hydrogen) atoms. The van der Waals surface area contributed by atoms with Crippen molar-refractivity contribution in [2.75, 3.05) is 11.9 Å². The number of carbonyl (C=O) groups excluding carboxylic acids is 1. The molecule has 0 radical (unpaired) electrons. The predicted octanol–water partition coefficient (Wildman–Crippen LogP) is 4.66. The van der Waals surface area contributed by atoms with Crippen LogP contribution in [0.15, 0.2) is 24.3 Å². The summed E-state index contributed by atoms with van der Waals surface area (Å²) in [6.45, 7) is 2.81. The molecule has 0 saturated heterocycles. The van der Waals surface area contributed by atoms with E-state index in [4.69, 9.17) is 5.73 Å². The summed E-state index contributed by atoms with van der Waals surface area (Å²) in [7, 11) is 0. The summed E-state index contributed by atoms with van der Waals surface area (Å²) in [4.78, 5) is 11.6. The van der Waals surface area contributed by atoms with Crippen LogP contribution in [0, 0.1) is 0 Å². The van der Waals surface area contributed by atoms with Gasteiger partial charge in [0.1, 0.15) is 0 Å². The van der Waals surface area contributed by atoms with E-state index in [0.717, 1.165) is 18.5 Å². The van der Waals surface area contributed by atoms with Crippen molar-refractivity contribution in [3.05, 3.63) is 29.8 Å². The quantitative estimate of drug-likeness (QED) is 0.552. The molecule has 0 saturated carbocycles. The fraction of sp³-hybridized carbons (Fsp3) is 0.632. The Balaban J connectivity index is 2.17. The third-order valence-electron chi connectivity index (χ3n) is 3.91. The van der Waals surface area contributed by atoms with E-state index in [2.05, 4.69) is 24.4 Å². The Morgan fingerprint density at radius 2 is 1.59 bits per heavy atom. The number of nitrogens with one attached hydrogen (secondary N) is 1. The van der Waals surface area contributed by atoms with Crippen LogP contribution in [0.1, 0.15) is 70.3 Å². The molecule has 0 aliphatic rings. The van der Waals surface area contributed by atoms with Crippen LogP contribution in [0.3, 0.4) is 0 Å². The van der Waals surface area contributed by atoms with E-state index in [0.29, 0.717) is 13.0 Å². The Bertz CT molecular complexity index is 400. The minimum absolute atomic E-state index is 0.0466. The van der Waals surface area contributed by atoms with Gasteiger partial charge in [0.15, 0.2) is 0 Å². The number of aryl methyl sites for hydroxylation is 1. The van der Waals surface area contributed by atoms with Crippen LogP contribution in [-0.2, 0) is 11.2 Å². The van der Waals surface area contributed by atoms with Gasteiger partial charge in [-0.2, -0.15) is 0 Å². The zero-order chi connectivity index (χ0) is 16.0. The molecule has 1 aromatic rings. The second-order valence-electron chi connectivity index (χ2n) is 6.01. The number of amides is 1. The third-order valence-corrected chi connectivity index (χ3v) is 3.91. The van der Waals surface area contributed by atoms with E-state index < -0.39 is 0 Å². The van der Waals surface area contributed by atoms with E-state index >= 15 is 0 Å². The summed E-state index contributed by atoms with van der Waals surface area (Å²) in [6.07, 6.45) is 11.8. The maximum absolute atomic E-state index is 11.6. The number of unbranched alkanes of at least 4 members (excludes halogenated alkanes) is 6. The molecule has 0 fully saturated rings. The average Bonchev–Trinajstić information content (AvgIpc) is 2.53. The standard InChI is InChI=1S/C19H32N2O/c1-2-3-4-5-6-7-8-10-17-12-14-18(15-13-17)21-19(22)11-9-16-20/h12-15H,2-11,16,20H2,1H3,(H,21,22). The molecule has 0 aromatic heterocycles. The predicted molar refractivity (Wildman–Crippen MR) is 95.1 cm³/mol. The van der Waals surface area contributed by atoms with Gasteiger partial charge in [-0.05, 0) is 43.5 Å². The van der Waals surface area contributed by atoms with Crippen molar-refractivity contribution >= 4 is 11.6 Å². The van der Waals surface area contributed by atoms with Crippen LogP contribution in [0.5, 0.6) is 0 Å². The molecule has 3 heteroatoms. The van der Waals surface area contributed by atoms with Gasteiger partial charge in [0.2, 0.25) is 5.91 Å². The molecular formula is C19H32N2O. The Kier molecular flexibility index (Phi) is 10.4. The van der Waals surface area contributed by atoms with Crippen LogP contribution >= 0.6 is 0 Å². The molecular weight excluding hydrogens is 272 g/mol. The summed E-state index contributed by atoms with van der Waals surface area (Å²) < 4.78 is 0. The molecule has 0 bridgehead atoms. The SMILES string of the molecule is CCCCCCCCCc1ccc(NC(=O)CCCN)cc1. The molecule has 1 amide bonds. The number of hydrogen-bond acceptors (Lipinski definition) is 2. The normalized spacial score (nSPS) is 10.6. The van der Waals surface area contributed by atoms with E-state index in [1.54, 1.807) is 0 Å². The summed E-state index contributed by atoms with van der Waals surface area (Å²) in [5.74, 6) is 0.0466. The molecule has 0 spiro atoms. The van der Waals surface area contributed by atoms with Crippen LogP contribution in [0.25, 0.3) is 0 Å². The first-order valence-electron chi connectivity index (χ1n) is 8.85. The van der Waals surface area contributed by atoms with Gasteiger partial charge < -0.3 is 11.1 Å². The number of rotatable bonds is 12. The summed E-state index contributed by atoms with van der Waals surface area (Å²) in [5, 5.41) is 2.91. The maximum atomic E-state index is 11.6. The van der Waals surface area contributed by atoms with Crippen molar-refractivity contribution in [2.24, 2.45) is 5.73 Å². The lowest BCUT2D eigenvalue weighted by Crippen LogP contribution is -2.13. The Hall–Kier alpha value is -1.35. The molecule has 0 aliphatic carbocycles. The fourth-order valence-corrected chi connectivity index (χ4v) is 2.53. The summed E-state index contributed by atoms with van der Waals surface area (Å²) in [6, 6.07) is 8.24. The van der Waals surface area contributed by atoms with Crippen molar-refractivity contribution in [1.29, 1.82) is 0 Å². The van der Waals surface area contributed by atoms with E-state index in [1.807, 2.05) is 12.1 Å². The van der Waals surface area contributed by atoms with Gasteiger partial charge in [-0.3, -0.25) is 4.79 Å². The maximum Gasteiger partial charge on any atom is 0.224 e. The van der Waals surface area contributed by atoms with E-state index in [9.17, 15) is 4.79 Å². The second kappa shape index (κ2) is 12.2. The smallest absolute Gasteiger partial charge is 0.224 e. The fourth-order valence-electron chi connectivity index (χ4n) is 2.53. The number of carbonyl (C=O) groups is 1. The molecule has 1 rings (SSSR count). The van der Waals surface area contributed by atoms with Gasteiger partial charge in [0.05, 0.1) is 0 Å². The highest BCUT2D eigenvalue weighted by Crippen LogP contribution is 2.14. The number of nitrogens with two attached hydrogens (primary N) is 1. The monoisotopic (exact) mass is 304 g/mol. The lowest BCUT2D eigenvalue weighted by Gasteiger charge is -2.06. The summed E-state index contributed by atoms with van der Waals surface area (Å²) >= 11 is 0. The molecule has 0 heterocycles. The molecule has 0 atom stereocenters. The summed E-state index contributed by atoms with van der Waals surface area (Å²) in [5.41, 5.74) is 7.64. The zero-order valence-electron chi connectivity index (χ0n) is 14.1. The highest BCUT2D eigenvalue weighted by Gasteiger charge is 2.01. The largest absolute Gasteiger partial charge is 0.330 e. The Morgan fingerprint density at radius 1 is 0.955 bits per heavy atom. The van der Waals surface area contributed by atoms with Crippen molar-refractivity contribution in [3.63, 3.8) is 0 Å². The minimum Gasteiger partial charge on any atom is -0.330 e. The molecule has 0 aliphatic heterocycles. The topological polar surface area (TPSA) is 55.1 Å². The van der Waals surface area contributed by atoms with Crippen molar-refractivity contribution in [3.8, 4) is 0 Å². The number of benzene rings is 1. The van der Waals surface area contributed by atoms with Crippen molar-refractivity contribution < 1.29 is 4.79 Å². The first-order chi connectivity index (χ1) is 10.8. The van der Waals surface area contributed by atoms with Crippen molar-refractivity contribution in [1.82, 2.24) is 0 Å². The van der Waals surface area contributed by atoms with Crippen molar-refractivity contribution in [2.45, 2.75) is 71.1 Å². The number of anilines is 1. The van der Waals surface area contributed by atoms with Crippen LogP contribution < -0.4 is 11.1 Å². The lowest BCUT2D eigenvalue weighted by atomic mass is 10.0. The third kappa shape index (κ3) is 8.83. The molecule has 3 nitrogen and oxygen atoms in total. The zero-order valence-corrected chi connectivity index (χ0v) is 14.1. The second-order valence-corrected chi connectivity index (χ2v) is 6.01. The Morgan fingerprint density at radius 3 is 2.23 bits per heavy atom. The van der Waals surface area contributed by atoms with Gasteiger partial charge in [0.25, 0.3) is 0 Å². The molecule has 3 N–H and O–H groups in total. The van der Waals surface area contributed by atoms with E-state index in [-0.39, 0.29) is 5.91 Å². The molecule has 124 valence electrons. The average molecular weight is 304 g/mol. The van der Waals surface area contributed by atoms with Gasteiger partial charge in [-0.1, -0.05) is 57.6 Å². The van der Waals surface area contributed by atoms with Crippen LogP contribution in [0.2, 0.25) is 0 Å². The first-order valence-corrected chi connectivity index (χ1v) is 8.85. The number of hydrogen-bond donors (Lipinski definition) is 2. The lowest BCUT2D eigenvalue weighted by molar-refractivity contribution is -0.116. The van der Waals surface area contributed by atoms with E-state index in [1.165, 1.54) is 50.5 Å². The molecule has 0 unspecified atom stereocenters. The van der Waals surface area contributed by atoms with Gasteiger partial charge in [0, 0.05) is 12.1 Å². The van der Waals surface area contributed by atoms with Crippen LogP contribution in [-0.4, -0.2) is 12.5 Å². The Labute approximate surface area is 135 Å². The highest BCUT2D eigenvalue weighted by atomic mass is 16.1. The van der Waals surface area contributed by atoms with Crippen LogP contribution in [0.4, 0.5) is 5.69 Å². The highest BCUT2D eigenvalue weighted by molar-refractivity contribution is 5.90. The minimum atomic E-state index is 0.0466. The van der Waals surface area contributed by atoms with Gasteiger partial charge >= 0.3 is 0 Å².